The van der Waals surface area contributed by atoms with Crippen LogP contribution in [-0.4, -0.2) is 76.8 Å². The average Bonchev–Trinajstić information content (AvgIpc) is 2.98. The van der Waals surface area contributed by atoms with Gasteiger partial charge in [-0.1, -0.05) is 26.2 Å². The maximum Gasteiger partial charge on any atom is 0.325 e. The van der Waals surface area contributed by atoms with Crippen molar-refractivity contribution in [2.24, 2.45) is 5.92 Å². The van der Waals surface area contributed by atoms with Crippen molar-refractivity contribution in [2.45, 2.75) is 82.7 Å². The Morgan fingerprint density at radius 2 is 1.76 bits per heavy atom. The van der Waals surface area contributed by atoms with Crippen molar-refractivity contribution >= 4 is 17.8 Å². The van der Waals surface area contributed by atoms with E-state index in [9.17, 15) is 14.4 Å². The van der Waals surface area contributed by atoms with E-state index in [0.717, 1.165) is 51.9 Å². The lowest BCUT2D eigenvalue weighted by Gasteiger charge is -2.39. The second-order valence-electron chi connectivity index (χ2n) is 9.47. The Morgan fingerprint density at radius 1 is 1.03 bits per heavy atom. The standard InChI is InChI=1S/C22H36N4O3/c1-2-24-13-10-22(11-14-24)20(28)26(21(29)23-22)18-9-6-12-25(16-18)19(27)15-17-7-4-3-5-8-17/h17-18H,2-16H2,1H3,(H,23,29)/t18-/m1/s1. The highest BCUT2D eigenvalue weighted by molar-refractivity contribution is 6.07. The molecular formula is C22H36N4O3. The molecule has 1 saturated carbocycles. The van der Waals surface area contributed by atoms with E-state index in [-0.39, 0.29) is 23.9 Å². The van der Waals surface area contributed by atoms with Crippen LogP contribution in [0.4, 0.5) is 4.79 Å². The maximum absolute atomic E-state index is 13.3. The van der Waals surface area contributed by atoms with Gasteiger partial charge in [-0.15, -0.1) is 0 Å². The molecule has 0 radical (unpaired) electrons. The molecule has 1 spiro atoms. The normalized spacial score (nSPS) is 28.8. The molecule has 162 valence electrons. The first-order valence-electron chi connectivity index (χ1n) is 11.7. The van der Waals surface area contributed by atoms with Crippen molar-refractivity contribution in [1.29, 1.82) is 0 Å². The molecule has 4 fully saturated rings. The summed E-state index contributed by atoms with van der Waals surface area (Å²) in [6.45, 7) is 6.03. The Bertz CT molecular complexity index is 638. The van der Waals surface area contributed by atoms with Crippen molar-refractivity contribution in [3.8, 4) is 0 Å². The van der Waals surface area contributed by atoms with Crippen LogP contribution in [0.2, 0.25) is 0 Å². The number of imide groups is 1. The molecule has 1 aliphatic carbocycles. The Labute approximate surface area is 174 Å². The summed E-state index contributed by atoms with van der Waals surface area (Å²) in [4.78, 5) is 44.6. The molecule has 4 amide bonds. The molecule has 7 heteroatoms. The first-order valence-corrected chi connectivity index (χ1v) is 11.7. The van der Waals surface area contributed by atoms with Crippen LogP contribution < -0.4 is 5.32 Å². The third-order valence-electron chi connectivity index (χ3n) is 7.65. The van der Waals surface area contributed by atoms with Gasteiger partial charge < -0.3 is 15.1 Å². The lowest BCUT2D eigenvalue weighted by atomic mass is 9.86. The number of likely N-dealkylation sites (tertiary alicyclic amines) is 2. The first-order chi connectivity index (χ1) is 14.0. The van der Waals surface area contributed by atoms with Gasteiger partial charge in [-0.05, 0) is 51.0 Å². The van der Waals surface area contributed by atoms with Gasteiger partial charge in [-0.2, -0.15) is 0 Å². The number of amides is 4. The highest BCUT2D eigenvalue weighted by Gasteiger charge is 2.54. The number of urea groups is 1. The topological polar surface area (TPSA) is 73.0 Å². The van der Waals surface area contributed by atoms with E-state index in [1.165, 1.54) is 24.2 Å². The predicted molar refractivity (Wildman–Crippen MR) is 110 cm³/mol. The van der Waals surface area contributed by atoms with Gasteiger partial charge in [0.15, 0.2) is 0 Å². The quantitative estimate of drug-likeness (QED) is 0.730. The molecule has 1 N–H and O–H groups in total. The lowest BCUT2D eigenvalue weighted by molar-refractivity contribution is -0.139. The largest absolute Gasteiger partial charge is 0.341 e. The first kappa shape index (κ1) is 20.6. The fourth-order valence-electron chi connectivity index (χ4n) is 5.72. The zero-order chi connectivity index (χ0) is 20.4. The average molecular weight is 405 g/mol. The van der Waals surface area contributed by atoms with Crippen LogP contribution in [0, 0.1) is 5.92 Å². The van der Waals surface area contributed by atoms with Gasteiger partial charge in [0.1, 0.15) is 5.54 Å². The monoisotopic (exact) mass is 404 g/mol. The van der Waals surface area contributed by atoms with E-state index in [1.807, 2.05) is 4.90 Å². The summed E-state index contributed by atoms with van der Waals surface area (Å²) < 4.78 is 0. The minimum absolute atomic E-state index is 0.0650. The lowest BCUT2D eigenvalue weighted by Crippen LogP contribution is -2.56. The third-order valence-corrected chi connectivity index (χ3v) is 7.65. The van der Waals surface area contributed by atoms with Crippen LogP contribution in [0.15, 0.2) is 0 Å². The van der Waals surface area contributed by atoms with E-state index in [2.05, 4.69) is 17.1 Å². The minimum atomic E-state index is -0.725. The SMILES string of the molecule is CCN1CCC2(CC1)NC(=O)N([C@@H]1CCCN(C(=O)CC3CCCCC3)C1)C2=O. The molecule has 3 aliphatic heterocycles. The molecule has 0 aromatic rings. The van der Waals surface area contributed by atoms with Gasteiger partial charge >= 0.3 is 6.03 Å². The molecule has 0 bridgehead atoms. The number of piperidine rings is 2. The van der Waals surface area contributed by atoms with Gasteiger partial charge in [-0.3, -0.25) is 14.5 Å². The highest BCUT2D eigenvalue weighted by Crippen LogP contribution is 2.33. The van der Waals surface area contributed by atoms with E-state index in [4.69, 9.17) is 0 Å². The van der Waals surface area contributed by atoms with Crippen molar-refractivity contribution in [1.82, 2.24) is 20.0 Å². The second-order valence-corrected chi connectivity index (χ2v) is 9.47. The number of carbonyl (C=O) groups excluding carboxylic acids is 3. The molecule has 4 aliphatic rings. The van der Waals surface area contributed by atoms with Crippen LogP contribution in [0.3, 0.4) is 0 Å². The molecule has 1 atom stereocenters. The summed E-state index contributed by atoms with van der Waals surface area (Å²) in [5.41, 5.74) is -0.725. The summed E-state index contributed by atoms with van der Waals surface area (Å²) in [5.74, 6) is 0.657. The Balaban J connectivity index is 1.38. The molecule has 3 heterocycles. The maximum atomic E-state index is 13.3. The molecular weight excluding hydrogens is 368 g/mol. The zero-order valence-electron chi connectivity index (χ0n) is 17.8. The van der Waals surface area contributed by atoms with Crippen LogP contribution >= 0.6 is 0 Å². The number of hydrogen-bond acceptors (Lipinski definition) is 4. The minimum Gasteiger partial charge on any atom is -0.341 e. The van der Waals surface area contributed by atoms with E-state index >= 15 is 0 Å². The fraction of sp³-hybridized carbons (Fsp3) is 0.864. The van der Waals surface area contributed by atoms with Gasteiger partial charge in [0.2, 0.25) is 5.91 Å². The molecule has 29 heavy (non-hydrogen) atoms. The molecule has 0 unspecified atom stereocenters. The fourth-order valence-corrected chi connectivity index (χ4v) is 5.72. The van der Waals surface area contributed by atoms with E-state index in [0.29, 0.717) is 31.7 Å². The Hall–Kier alpha value is -1.63. The second kappa shape index (κ2) is 8.62. The van der Waals surface area contributed by atoms with Crippen LogP contribution in [-0.2, 0) is 9.59 Å². The van der Waals surface area contributed by atoms with E-state index in [1.54, 1.807) is 0 Å². The summed E-state index contributed by atoms with van der Waals surface area (Å²) in [6, 6.07) is -0.443. The van der Waals surface area contributed by atoms with Crippen LogP contribution in [0.1, 0.15) is 71.1 Å². The zero-order valence-corrected chi connectivity index (χ0v) is 17.8. The number of nitrogens with zero attached hydrogens (tertiary/aromatic N) is 3. The number of rotatable bonds is 4. The Morgan fingerprint density at radius 3 is 2.45 bits per heavy atom. The molecule has 7 nitrogen and oxygen atoms in total. The van der Waals surface area contributed by atoms with Crippen molar-refractivity contribution in [2.75, 3.05) is 32.7 Å². The number of hydrogen-bond donors (Lipinski definition) is 1. The van der Waals surface area contributed by atoms with Crippen LogP contribution in [0.5, 0.6) is 0 Å². The smallest absolute Gasteiger partial charge is 0.325 e. The van der Waals surface area contributed by atoms with E-state index < -0.39 is 5.54 Å². The molecule has 4 rings (SSSR count). The highest BCUT2D eigenvalue weighted by atomic mass is 16.2. The summed E-state index contributed by atoms with van der Waals surface area (Å²) in [5, 5.41) is 3.03. The van der Waals surface area contributed by atoms with Crippen molar-refractivity contribution in [3.05, 3.63) is 0 Å². The molecule has 3 saturated heterocycles. The Kier molecular flexibility index (Phi) is 6.13. The van der Waals surface area contributed by atoms with Crippen molar-refractivity contribution < 1.29 is 14.4 Å². The summed E-state index contributed by atoms with van der Waals surface area (Å²) >= 11 is 0. The van der Waals surface area contributed by atoms with Crippen molar-refractivity contribution in [3.63, 3.8) is 0 Å². The van der Waals surface area contributed by atoms with Gasteiger partial charge in [0.05, 0.1) is 6.04 Å². The molecule has 0 aromatic heterocycles. The third kappa shape index (κ3) is 4.16. The van der Waals surface area contributed by atoms with Gasteiger partial charge in [-0.25, -0.2) is 4.79 Å². The summed E-state index contributed by atoms with van der Waals surface area (Å²) in [7, 11) is 0. The summed E-state index contributed by atoms with van der Waals surface area (Å²) in [6.07, 6.45) is 9.72. The number of carbonyl (C=O) groups is 3. The van der Waals surface area contributed by atoms with Crippen LogP contribution in [0.25, 0.3) is 0 Å². The van der Waals surface area contributed by atoms with Gasteiger partial charge in [0, 0.05) is 32.6 Å². The number of nitrogens with one attached hydrogen (secondary N) is 1. The van der Waals surface area contributed by atoms with Gasteiger partial charge in [0.25, 0.3) is 5.91 Å². The molecule has 0 aromatic carbocycles. The predicted octanol–water partition coefficient (Wildman–Crippen LogP) is 2.35.